The van der Waals surface area contributed by atoms with Gasteiger partial charge < -0.3 is 10.2 Å². The molecule has 92 valence electrons. The van der Waals surface area contributed by atoms with Gasteiger partial charge in [-0.1, -0.05) is 25.7 Å². The molecule has 0 aromatic rings. The second-order valence-electron chi connectivity index (χ2n) is 5.29. The summed E-state index contributed by atoms with van der Waals surface area (Å²) >= 11 is 0. The molecule has 2 fully saturated rings. The summed E-state index contributed by atoms with van der Waals surface area (Å²) in [4.78, 5) is 12.6. The molecule has 1 aliphatic heterocycles. The molecule has 1 heterocycles. The molecule has 2 aliphatic rings. The fourth-order valence-electron chi connectivity index (χ4n) is 2.88. The second-order valence-corrected chi connectivity index (χ2v) is 5.29. The molecule has 2 rings (SSSR count). The summed E-state index contributed by atoms with van der Waals surface area (Å²) in [6.45, 7) is 1.87. The summed E-state index contributed by atoms with van der Waals surface area (Å²) in [6, 6.07) is 0. The maximum atomic E-state index is 10.6. The SMILES string of the molecule is O=C(O)C1CN(CC(O)CC2CCCC2)C1. The van der Waals surface area contributed by atoms with Crippen LogP contribution in [0.15, 0.2) is 0 Å². The van der Waals surface area contributed by atoms with E-state index in [4.69, 9.17) is 5.11 Å². The molecule has 1 unspecified atom stereocenters. The molecule has 0 amide bonds. The van der Waals surface area contributed by atoms with E-state index >= 15 is 0 Å². The van der Waals surface area contributed by atoms with Gasteiger partial charge in [-0.3, -0.25) is 9.69 Å². The molecule has 1 saturated heterocycles. The van der Waals surface area contributed by atoms with Gasteiger partial charge in [0.15, 0.2) is 0 Å². The standard InChI is InChI=1S/C12H21NO3/c14-11(5-9-3-1-2-4-9)8-13-6-10(7-13)12(15)16/h9-11,14H,1-8H2,(H,15,16). The van der Waals surface area contributed by atoms with E-state index in [1.807, 2.05) is 4.90 Å². The number of aliphatic hydroxyl groups excluding tert-OH is 1. The number of likely N-dealkylation sites (tertiary alicyclic amines) is 1. The third-order valence-corrected chi connectivity index (χ3v) is 3.86. The van der Waals surface area contributed by atoms with E-state index in [0.717, 1.165) is 6.42 Å². The molecule has 4 nitrogen and oxygen atoms in total. The van der Waals surface area contributed by atoms with Crippen LogP contribution in [0.3, 0.4) is 0 Å². The Kier molecular flexibility index (Phi) is 3.82. The summed E-state index contributed by atoms with van der Waals surface area (Å²) in [5, 5.41) is 18.6. The van der Waals surface area contributed by atoms with Crippen molar-refractivity contribution in [3.05, 3.63) is 0 Å². The first-order chi connectivity index (χ1) is 7.65. The topological polar surface area (TPSA) is 60.8 Å². The van der Waals surface area contributed by atoms with Crippen molar-refractivity contribution in [1.82, 2.24) is 4.90 Å². The number of carboxylic acids is 1. The van der Waals surface area contributed by atoms with E-state index in [2.05, 4.69) is 0 Å². The summed E-state index contributed by atoms with van der Waals surface area (Å²) in [6.07, 6.45) is 5.76. The van der Waals surface area contributed by atoms with Crippen LogP contribution in [0, 0.1) is 11.8 Å². The predicted molar refractivity (Wildman–Crippen MR) is 60.1 cm³/mol. The van der Waals surface area contributed by atoms with Crippen LogP contribution in [0.4, 0.5) is 0 Å². The Morgan fingerprint density at radius 2 is 1.94 bits per heavy atom. The van der Waals surface area contributed by atoms with Crippen LogP contribution in [0.2, 0.25) is 0 Å². The fraction of sp³-hybridized carbons (Fsp3) is 0.917. The summed E-state index contributed by atoms with van der Waals surface area (Å²) in [5.41, 5.74) is 0. The van der Waals surface area contributed by atoms with Gasteiger partial charge in [0.05, 0.1) is 12.0 Å². The van der Waals surface area contributed by atoms with Gasteiger partial charge in [0.1, 0.15) is 0 Å². The van der Waals surface area contributed by atoms with Gasteiger partial charge >= 0.3 is 5.97 Å². The van der Waals surface area contributed by atoms with Crippen LogP contribution >= 0.6 is 0 Å². The quantitative estimate of drug-likeness (QED) is 0.734. The highest BCUT2D eigenvalue weighted by molar-refractivity contribution is 5.71. The Bertz CT molecular complexity index is 245. The molecule has 1 saturated carbocycles. The highest BCUT2D eigenvalue weighted by Crippen LogP contribution is 2.29. The largest absolute Gasteiger partial charge is 0.481 e. The second kappa shape index (κ2) is 5.15. The van der Waals surface area contributed by atoms with Gasteiger partial charge in [0.2, 0.25) is 0 Å². The summed E-state index contributed by atoms with van der Waals surface area (Å²) in [5.74, 6) is -0.216. The van der Waals surface area contributed by atoms with Crippen molar-refractivity contribution in [2.24, 2.45) is 11.8 Å². The number of aliphatic hydroxyl groups is 1. The van der Waals surface area contributed by atoms with E-state index in [1.165, 1.54) is 25.7 Å². The van der Waals surface area contributed by atoms with Crippen LogP contribution in [-0.2, 0) is 4.79 Å². The van der Waals surface area contributed by atoms with Gasteiger partial charge in [-0.05, 0) is 12.3 Å². The summed E-state index contributed by atoms with van der Waals surface area (Å²) in [7, 11) is 0. The Labute approximate surface area is 96.3 Å². The number of β-amino-alcohol motifs (C(OH)–C–C–N with tert-alkyl or cyclic N) is 1. The number of hydrogen-bond acceptors (Lipinski definition) is 3. The van der Waals surface area contributed by atoms with Crippen molar-refractivity contribution in [2.75, 3.05) is 19.6 Å². The number of hydrogen-bond donors (Lipinski definition) is 2. The molecule has 16 heavy (non-hydrogen) atoms. The van der Waals surface area contributed by atoms with Crippen LogP contribution in [0.1, 0.15) is 32.1 Å². The highest BCUT2D eigenvalue weighted by atomic mass is 16.4. The zero-order chi connectivity index (χ0) is 11.5. The maximum absolute atomic E-state index is 10.6. The average Bonchev–Trinajstić information content (AvgIpc) is 2.62. The Balaban J connectivity index is 1.61. The van der Waals surface area contributed by atoms with Crippen molar-refractivity contribution in [1.29, 1.82) is 0 Å². The molecule has 0 aromatic heterocycles. The average molecular weight is 227 g/mol. The van der Waals surface area contributed by atoms with Gasteiger partial charge in [-0.15, -0.1) is 0 Å². The molecule has 0 radical (unpaired) electrons. The van der Waals surface area contributed by atoms with Crippen LogP contribution in [-0.4, -0.2) is 46.8 Å². The van der Waals surface area contributed by atoms with Crippen molar-refractivity contribution in [3.63, 3.8) is 0 Å². The zero-order valence-corrected chi connectivity index (χ0v) is 9.64. The van der Waals surface area contributed by atoms with Gasteiger partial charge in [-0.25, -0.2) is 0 Å². The number of nitrogens with zero attached hydrogens (tertiary/aromatic N) is 1. The smallest absolute Gasteiger partial charge is 0.309 e. The number of carboxylic acid groups (broad SMARTS) is 1. The van der Waals surface area contributed by atoms with E-state index in [0.29, 0.717) is 25.6 Å². The van der Waals surface area contributed by atoms with Gasteiger partial charge in [0.25, 0.3) is 0 Å². The van der Waals surface area contributed by atoms with Crippen molar-refractivity contribution in [3.8, 4) is 0 Å². The van der Waals surface area contributed by atoms with E-state index in [9.17, 15) is 9.90 Å². The van der Waals surface area contributed by atoms with E-state index < -0.39 is 5.97 Å². The molecule has 0 bridgehead atoms. The number of aliphatic carboxylic acids is 1. The molecular weight excluding hydrogens is 206 g/mol. The van der Waals surface area contributed by atoms with Crippen molar-refractivity contribution in [2.45, 2.75) is 38.2 Å². The minimum absolute atomic E-state index is 0.210. The summed E-state index contributed by atoms with van der Waals surface area (Å²) < 4.78 is 0. The molecule has 2 N–H and O–H groups in total. The predicted octanol–water partition coefficient (Wildman–Crippen LogP) is 0.944. The fourth-order valence-corrected chi connectivity index (χ4v) is 2.88. The minimum atomic E-state index is -0.707. The first-order valence-corrected chi connectivity index (χ1v) is 6.28. The van der Waals surface area contributed by atoms with Gasteiger partial charge in [0, 0.05) is 19.6 Å². The molecule has 1 atom stereocenters. The first kappa shape index (κ1) is 11.9. The lowest BCUT2D eigenvalue weighted by Gasteiger charge is -2.38. The zero-order valence-electron chi connectivity index (χ0n) is 9.64. The minimum Gasteiger partial charge on any atom is -0.481 e. The lowest BCUT2D eigenvalue weighted by molar-refractivity contribution is -0.148. The molecular formula is C12H21NO3. The highest BCUT2D eigenvalue weighted by Gasteiger charge is 2.33. The van der Waals surface area contributed by atoms with Crippen LogP contribution < -0.4 is 0 Å². The third-order valence-electron chi connectivity index (χ3n) is 3.86. The Morgan fingerprint density at radius 1 is 1.31 bits per heavy atom. The van der Waals surface area contributed by atoms with Crippen molar-refractivity contribution < 1.29 is 15.0 Å². The first-order valence-electron chi connectivity index (χ1n) is 6.28. The Hall–Kier alpha value is -0.610. The lowest BCUT2D eigenvalue weighted by Crippen LogP contribution is -2.52. The normalized spacial score (nSPS) is 25.6. The van der Waals surface area contributed by atoms with Crippen LogP contribution in [0.25, 0.3) is 0 Å². The van der Waals surface area contributed by atoms with E-state index in [-0.39, 0.29) is 12.0 Å². The van der Waals surface area contributed by atoms with Gasteiger partial charge in [-0.2, -0.15) is 0 Å². The Morgan fingerprint density at radius 3 is 2.50 bits per heavy atom. The molecule has 4 heteroatoms. The molecule has 0 spiro atoms. The molecule has 0 aromatic carbocycles. The third kappa shape index (κ3) is 2.95. The monoisotopic (exact) mass is 227 g/mol. The number of rotatable bonds is 5. The van der Waals surface area contributed by atoms with E-state index in [1.54, 1.807) is 0 Å². The molecule has 1 aliphatic carbocycles. The van der Waals surface area contributed by atoms with Crippen LogP contribution in [0.5, 0.6) is 0 Å². The van der Waals surface area contributed by atoms with Crippen molar-refractivity contribution >= 4 is 5.97 Å². The number of carbonyl (C=O) groups is 1. The lowest BCUT2D eigenvalue weighted by atomic mass is 9.96. The maximum Gasteiger partial charge on any atom is 0.309 e.